The summed E-state index contributed by atoms with van der Waals surface area (Å²) in [4.78, 5) is 13.8. The summed E-state index contributed by atoms with van der Waals surface area (Å²) in [6.07, 6.45) is 0. The normalized spacial score (nSPS) is 12.4. The quantitative estimate of drug-likeness (QED) is 0.551. The largest absolute Gasteiger partial charge is 0.397 e. The highest BCUT2D eigenvalue weighted by Crippen LogP contribution is 2.22. The molecule has 1 atom stereocenters. The SMILES string of the molecule is CC(C(=O)Nc1ccc(Cl)cc1N)N(CCO)CCO. The lowest BCUT2D eigenvalue weighted by molar-refractivity contribution is -0.121. The Balaban J connectivity index is 2.73. The average molecular weight is 302 g/mol. The van der Waals surface area contributed by atoms with Gasteiger partial charge in [0.2, 0.25) is 5.91 Å². The van der Waals surface area contributed by atoms with E-state index in [1.807, 2.05) is 0 Å². The molecular formula is C13H20ClN3O3. The van der Waals surface area contributed by atoms with Crippen molar-refractivity contribution in [3.05, 3.63) is 23.2 Å². The lowest BCUT2D eigenvalue weighted by Crippen LogP contribution is -2.44. The van der Waals surface area contributed by atoms with Gasteiger partial charge < -0.3 is 21.3 Å². The zero-order valence-corrected chi connectivity index (χ0v) is 12.1. The number of amides is 1. The molecule has 0 saturated carbocycles. The summed E-state index contributed by atoms with van der Waals surface area (Å²) in [7, 11) is 0. The Kier molecular flexibility index (Phi) is 6.74. The fourth-order valence-electron chi connectivity index (χ4n) is 1.81. The fraction of sp³-hybridized carbons (Fsp3) is 0.462. The lowest BCUT2D eigenvalue weighted by Gasteiger charge is -2.26. The molecule has 1 rings (SSSR count). The van der Waals surface area contributed by atoms with E-state index in [9.17, 15) is 4.79 Å². The number of nitrogens with one attached hydrogen (secondary N) is 1. The van der Waals surface area contributed by atoms with Gasteiger partial charge in [0.25, 0.3) is 0 Å². The molecule has 0 bridgehead atoms. The van der Waals surface area contributed by atoms with Gasteiger partial charge in [-0.15, -0.1) is 0 Å². The van der Waals surface area contributed by atoms with Crippen LogP contribution in [0.3, 0.4) is 0 Å². The van der Waals surface area contributed by atoms with Crippen molar-refractivity contribution in [2.45, 2.75) is 13.0 Å². The summed E-state index contributed by atoms with van der Waals surface area (Å²) >= 11 is 5.79. The molecule has 1 amide bonds. The summed E-state index contributed by atoms with van der Waals surface area (Å²) < 4.78 is 0. The van der Waals surface area contributed by atoms with Crippen LogP contribution in [0.5, 0.6) is 0 Å². The first-order valence-electron chi connectivity index (χ1n) is 6.31. The maximum atomic E-state index is 12.1. The van der Waals surface area contributed by atoms with E-state index in [4.69, 9.17) is 27.5 Å². The summed E-state index contributed by atoms with van der Waals surface area (Å²) in [5, 5.41) is 21.1. The molecular weight excluding hydrogens is 282 g/mol. The van der Waals surface area contributed by atoms with Crippen molar-refractivity contribution in [1.29, 1.82) is 0 Å². The third-order valence-corrected chi connectivity index (χ3v) is 3.21. The molecule has 6 nitrogen and oxygen atoms in total. The first kappa shape index (κ1) is 16.7. The Morgan fingerprint density at radius 1 is 1.40 bits per heavy atom. The van der Waals surface area contributed by atoms with Crippen LogP contribution in [-0.4, -0.2) is 53.4 Å². The van der Waals surface area contributed by atoms with Gasteiger partial charge in [0.15, 0.2) is 0 Å². The monoisotopic (exact) mass is 301 g/mol. The zero-order valence-electron chi connectivity index (χ0n) is 11.3. The molecule has 1 unspecified atom stereocenters. The second kappa shape index (κ2) is 8.06. The van der Waals surface area contributed by atoms with Crippen molar-refractivity contribution >= 4 is 28.9 Å². The molecule has 0 radical (unpaired) electrons. The highest BCUT2D eigenvalue weighted by Gasteiger charge is 2.21. The molecule has 20 heavy (non-hydrogen) atoms. The summed E-state index contributed by atoms with van der Waals surface area (Å²) in [5.41, 5.74) is 6.64. The minimum absolute atomic E-state index is 0.0826. The number of carbonyl (C=O) groups is 1. The van der Waals surface area contributed by atoms with Gasteiger partial charge in [-0.3, -0.25) is 9.69 Å². The minimum Gasteiger partial charge on any atom is -0.397 e. The number of aliphatic hydroxyl groups excluding tert-OH is 2. The number of aliphatic hydroxyl groups is 2. The number of anilines is 2. The van der Waals surface area contributed by atoms with E-state index in [0.29, 0.717) is 29.5 Å². The molecule has 1 aromatic carbocycles. The van der Waals surface area contributed by atoms with Crippen LogP contribution < -0.4 is 11.1 Å². The van der Waals surface area contributed by atoms with Crippen molar-refractivity contribution < 1.29 is 15.0 Å². The van der Waals surface area contributed by atoms with E-state index >= 15 is 0 Å². The van der Waals surface area contributed by atoms with Gasteiger partial charge in [-0.25, -0.2) is 0 Å². The molecule has 1 aromatic rings. The number of nitrogens with zero attached hydrogens (tertiary/aromatic N) is 1. The first-order chi connectivity index (χ1) is 9.49. The third-order valence-electron chi connectivity index (χ3n) is 2.97. The molecule has 5 N–H and O–H groups in total. The number of rotatable bonds is 7. The molecule has 0 aliphatic heterocycles. The average Bonchev–Trinajstić information content (AvgIpc) is 2.40. The maximum absolute atomic E-state index is 12.1. The summed E-state index contributed by atoms with van der Waals surface area (Å²) in [6, 6.07) is 4.33. The minimum atomic E-state index is -0.496. The molecule has 0 aliphatic carbocycles. The number of hydrogen-bond acceptors (Lipinski definition) is 5. The van der Waals surface area contributed by atoms with E-state index < -0.39 is 6.04 Å². The number of carbonyl (C=O) groups excluding carboxylic acids is 1. The predicted octanol–water partition coefficient (Wildman–Crippen LogP) is 0.536. The van der Waals surface area contributed by atoms with E-state index in [1.165, 1.54) is 0 Å². The van der Waals surface area contributed by atoms with Crippen molar-refractivity contribution in [3.63, 3.8) is 0 Å². The number of hydrogen-bond donors (Lipinski definition) is 4. The molecule has 0 aromatic heterocycles. The van der Waals surface area contributed by atoms with Crippen molar-refractivity contribution in [2.75, 3.05) is 37.4 Å². The first-order valence-corrected chi connectivity index (χ1v) is 6.69. The second-order valence-corrected chi connectivity index (χ2v) is 4.82. The topological polar surface area (TPSA) is 98.8 Å². The smallest absolute Gasteiger partial charge is 0.241 e. The third kappa shape index (κ3) is 4.64. The number of nitrogen functional groups attached to an aromatic ring is 1. The fourth-order valence-corrected chi connectivity index (χ4v) is 1.99. The molecule has 0 saturated heterocycles. The molecule has 0 aliphatic rings. The Morgan fingerprint density at radius 2 is 2.00 bits per heavy atom. The lowest BCUT2D eigenvalue weighted by atomic mass is 10.2. The van der Waals surface area contributed by atoms with Crippen LogP contribution in [0, 0.1) is 0 Å². The van der Waals surface area contributed by atoms with Gasteiger partial charge in [-0.05, 0) is 25.1 Å². The Labute approximate surface area is 123 Å². The highest BCUT2D eigenvalue weighted by atomic mass is 35.5. The summed E-state index contributed by atoms with van der Waals surface area (Å²) in [6.45, 7) is 2.16. The highest BCUT2D eigenvalue weighted by molar-refractivity contribution is 6.31. The van der Waals surface area contributed by atoms with E-state index in [2.05, 4.69) is 5.32 Å². The van der Waals surface area contributed by atoms with Gasteiger partial charge >= 0.3 is 0 Å². The van der Waals surface area contributed by atoms with Gasteiger partial charge in [-0.1, -0.05) is 11.6 Å². The molecule has 0 spiro atoms. The van der Waals surface area contributed by atoms with Crippen molar-refractivity contribution in [3.8, 4) is 0 Å². The van der Waals surface area contributed by atoms with Gasteiger partial charge in [0, 0.05) is 18.1 Å². The van der Waals surface area contributed by atoms with Crippen LogP contribution in [0.15, 0.2) is 18.2 Å². The van der Waals surface area contributed by atoms with Crippen LogP contribution in [0.1, 0.15) is 6.92 Å². The molecule has 0 heterocycles. The van der Waals surface area contributed by atoms with E-state index in [1.54, 1.807) is 30.0 Å². The van der Waals surface area contributed by atoms with Gasteiger partial charge in [0.05, 0.1) is 30.6 Å². The molecule has 0 fully saturated rings. The van der Waals surface area contributed by atoms with Gasteiger partial charge in [-0.2, -0.15) is 0 Å². The van der Waals surface area contributed by atoms with Crippen LogP contribution in [0.25, 0.3) is 0 Å². The van der Waals surface area contributed by atoms with Crippen molar-refractivity contribution in [2.24, 2.45) is 0 Å². The molecule has 7 heteroatoms. The Morgan fingerprint density at radius 3 is 2.50 bits per heavy atom. The Hall–Kier alpha value is -1.34. The van der Waals surface area contributed by atoms with Crippen LogP contribution in [0.2, 0.25) is 5.02 Å². The number of benzene rings is 1. The van der Waals surface area contributed by atoms with Gasteiger partial charge in [0.1, 0.15) is 0 Å². The van der Waals surface area contributed by atoms with Crippen LogP contribution in [0.4, 0.5) is 11.4 Å². The predicted molar refractivity (Wildman–Crippen MR) is 79.7 cm³/mol. The Bertz CT molecular complexity index is 450. The second-order valence-electron chi connectivity index (χ2n) is 4.38. The maximum Gasteiger partial charge on any atom is 0.241 e. The number of nitrogens with two attached hydrogens (primary N) is 1. The number of halogens is 1. The van der Waals surface area contributed by atoms with Crippen LogP contribution >= 0.6 is 11.6 Å². The molecule has 112 valence electrons. The van der Waals surface area contributed by atoms with E-state index in [-0.39, 0.29) is 19.1 Å². The van der Waals surface area contributed by atoms with Crippen molar-refractivity contribution in [1.82, 2.24) is 4.90 Å². The summed E-state index contributed by atoms with van der Waals surface area (Å²) in [5.74, 6) is -0.263. The van der Waals surface area contributed by atoms with E-state index in [0.717, 1.165) is 0 Å². The van der Waals surface area contributed by atoms with Crippen LogP contribution in [-0.2, 0) is 4.79 Å². The standard InChI is InChI=1S/C13H20ClN3O3/c1-9(17(4-6-18)5-7-19)13(20)16-12-3-2-10(14)8-11(12)15/h2-3,8-9,18-19H,4-7,15H2,1H3,(H,16,20). The zero-order chi connectivity index (χ0) is 15.1.